The van der Waals surface area contributed by atoms with E-state index in [4.69, 9.17) is 9.15 Å². The predicted octanol–water partition coefficient (Wildman–Crippen LogP) is 4.61. The lowest BCUT2D eigenvalue weighted by Gasteiger charge is -2.30. The molecule has 3 aromatic rings. The minimum absolute atomic E-state index is 0.0492. The van der Waals surface area contributed by atoms with Crippen molar-refractivity contribution in [1.29, 1.82) is 0 Å². The summed E-state index contributed by atoms with van der Waals surface area (Å²) in [5, 5.41) is 0. The number of hydrogen-bond acceptors (Lipinski definition) is 6. The molecule has 0 amide bonds. The number of carbonyl (C=O) groups is 1. The van der Waals surface area contributed by atoms with Crippen LogP contribution in [0.25, 0.3) is 11.3 Å². The maximum Gasteiger partial charge on any atom is 0.309 e. The van der Waals surface area contributed by atoms with Crippen LogP contribution >= 0.6 is 0 Å². The summed E-state index contributed by atoms with van der Waals surface area (Å²) in [4.78, 5) is 17.0. The fourth-order valence-corrected chi connectivity index (χ4v) is 5.34. The third-order valence-corrected chi connectivity index (χ3v) is 7.83. The molecule has 2 heterocycles. The number of benzene rings is 2. The lowest BCUT2D eigenvalue weighted by Crippen LogP contribution is -2.40. The van der Waals surface area contributed by atoms with Gasteiger partial charge in [-0.05, 0) is 36.5 Å². The Bertz CT molecular complexity index is 1180. The van der Waals surface area contributed by atoms with E-state index in [2.05, 4.69) is 18.8 Å². The van der Waals surface area contributed by atoms with Gasteiger partial charge in [0, 0.05) is 18.7 Å². The highest BCUT2D eigenvalue weighted by atomic mass is 32.2. The summed E-state index contributed by atoms with van der Waals surface area (Å²) in [6.45, 7) is 4.65. The topological polar surface area (TPSA) is 89.7 Å². The number of piperidine rings is 1. The van der Waals surface area contributed by atoms with E-state index in [1.807, 2.05) is 42.5 Å². The molecule has 33 heavy (non-hydrogen) atoms. The second-order valence-electron chi connectivity index (χ2n) is 8.49. The summed E-state index contributed by atoms with van der Waals surface area (Å²) in [5.74, 6) is 0.578. The van der Waals surface area contributed by atoms with Gasteiger partial charge in [-0.15, -0.1) is 0 Å². The van der Waals surface area contributed by atoms with Gasteiger partial charge in [0.1, 0.15) is 0 Å². The Kier molecular flexibility index (Phi) is 6.95. The molecule has 0 bridgehead atoms. The van der Waals surface area contributed by atoms with E-state index >= 15 is 0 Å². The van der Waals surface area contributed by atoms with Gasteiger partial charge >= 0.3 is 5.97 Å². The highest BCUT2D eigenvalue weighted by molar-refractivity contribution is 7.89. The maximum absolute atomic E-state index is 13.0. The van der Waals surface area contributed by atoms with Crippen LogP contribution < -0.4 is 0 Å². The Morgan fingerprint density at radius 1 is 1.09 bits per heavy atom. The van der Waals surface area contributed by atoms with Crippen LogP contribution in [0.5, 0.6) is 0 Å². The smallest absolute Gasteiger partial charge is 0.309 e. The van der Waals surface area contributed by atoms with Gasteiger partial charge in [-0.25, -0.2) is 13.4 Å². The van der Waals surface area contributed by atoms with Crippen LogP contribution in [0.2, 0.25) is 0 Å². The summed E-state index contributed by atoms with van der Waals surface area (Å²) in [7, 11) is -3.58. The maximum atomic E-state index is 13.0. The highest BCUT2D eigenvalue weighted by Crippen LogP contribution is 2.26. The molecular weight excluding hydrogens is 440 g/mol. The van der Waals surface area contributed by atoms with E-state index in [-0.39, 0.29) is 36.5 Å². The lowest BCUT2D eigenvalue weighted by atomic mass is 9.98. The van der Waals surface area contributed by atoms with Gasteiger partial charge in [0.15, 0.2) is 12.4 Å². The molecule has 2 aromatic carbocycles. The van der Waals surface area contributed by atoms with Crippen molar-refractivity contribution in [1.82, 2.24) is 9.29 Å². The van der Waals surface area contributed by atoms with Crippen LogP contribution in [-0.4, -0.2) is 36.8 Å². The molecule has 0 saturated carbocycles. The second-order valence-corrected chi connectivity index (χ2v) is 10.4. The van der Waals surface area contributed by atoms with E-state index < -0.39 is 10.0 Å². The van der Waals surface area contributed by atoms with Crippen LogP contribution in [-0.2, 0) is 26.2 Å². The molecule has 1 saturated heterocycles. The molecule has 1 aromatic heterocycles. The average Bonchev–Trinajstić information content (AvgIpc) is 3.32. The van der Waals surface area contributed by atoms with Crippen molar-refractivity contribution in [2.24, 2.45) is 5.92 Å². The van der Waals surface area contributed by atoms with Crippen molar-refractivity contribution in [2.45, 2.75) is 44.1 Å². The monoisotopic (exact) mass is 468 g/mol. The Hall–Kier alpha value is -2.97. The van der Waals surface area contributed by atoms with E-state index in [1.165, 1.54) is 4.31 Å². The number of hydrogen-bond donors (Lipinski definition) is 0. The van der Waals surface area contributed by atoms with Gasteiger partial charge in [0.2, 0.25) is 15.9 Å². The van der Waals surface area contributed by atoms with Crippen LogP contribution in [0.4, 0.5) is 0 Å². The van der Waals surface area contributed by atoms with Crippen LogP contribution in [0, 0.1) is 5.92 Å². The van der Waals surface area contributed by atoms with Gasteiger partial charge < -0.3 is 9.15 Å². The van der Waals surface area contributed by atoms with E-state index in [0.717, 1.165) is 11.1 Å². The van der Waals surface area contributed by atoms with Gasteiger partial charge in [0.05, 0.1) is 17.0 Å². The molecule has 0 spiro atoms. The molecule has 8 heteroatoms. The van der Waals surface area contributed by atoms with Crippen molar-refractivity contribution in [3.8, 4) is 11.3 Å². The zero-order valence-electron chi connectivity index (χ0n) is 18.8. The first kappa shape index (κ1) is 23.2. The molecule has 1 fully saturated rings. The second kappa shape index (κ2) is 9.89. The number of nitrogens with zero attached hydrogens (tertiary/aromatic N) is 2. The Balaban J connectivity index is 1.29. The molecule has 7 nitrogen and oxygen atoms in total. The molecule has 4 rings (SSSR count). The largest absolute Gasteiger partial charge is 0.455 e. The van der Waals surface area contributed by atoms with E-state index in [1.54, 1.807) is 18.3 Å². The van der Waals surface area contributed by atoms with Gasteiger partial charge in [-0.1, -0.05) is 56.3 Å². The minimum Gasteiger partial charge on any atom is -0.455 e. The van der Waals surface area contributed by atoms with E-state index in [9.17, 15) is 13.2 Å². The normalized spacial score (nSPS) is 15.6. The highest BCUT2D eigenvalue weighted by Gasteiger charge is 2.33. The average molecular weight is 469 g/mol. The molecule has 174 valence electrons. The summed E-state index contributed by atoms with van der Waals surface area (Å²) in [5.41, 5.74) is 1.99. The summed E-state index contributed by atoms with van der Waals surface area (Å²) < 4.78 is 38.4. The SMILES string of the molecule is CC(C)c1ccc(S(=O)(=O)N2CCC(C(=O)OCc3ncc(-c4ccccc4)o3)CC2)cc1. The van der Waals surface area contributed by atoms with Crippen molar-refractivity contribution >= 4 is 16.0 Å². The molecule has 0 N–H and O–H groups in total. The van der Waals surface area contributed by atoms with Crippen molar-refractivity contribution in [3.05, 3.63) is 72.2 Å². The molecule has 0 radical (unpaired) electrons. The molecule has 0 unspecified atom stereocenters. The number of rotatable bonds is 7. The third-order valence-electron chi connectivity index (χ3n) is 5.92. The van der Waals surface area contributed by atoms with Crippen LogP contribution in [0.3, 0.4) is 0 Å². The quantitative estimate of drug-likeness (QED) is 0.471. The van der Waals surface area contributed by atoms with Crippen molar-refractivity contribution < 1.29 is 22.4 Å². The molecule has 0 aliphatic carbocycles. The molecule has 1 aliphatic rings. The van der Waals surface area contributed by atoms with Crippen molar-refractivity contribution in [2.75, 3.05) is 13.1 Å². The number of oxazole rings is 1. The number of aromatic nitrogens is 1. The minimum atomic E-state index is -3.58. The zero-order chi connectivity index (χ0) is 23.4. The summed E-state index contributed by atoms with van der Waals surface area (Å²) >= 11 is 0. The first-order chi connectivity index (χ1) is 15.8. The lowest BCUT2D eigenvalue weighted by molar-refractivity contribution is -0.151. The Morgan fingerprint density at radius 2 is 1.76 bits per heavy atom. The molecule has 0 atom stereocenters. The summed E-state index contributed by atoms with van der Waals surface area (Å²) in [6.07, 6.45) is 2.45. The van der Waals surface area contributed by atoms with Gasteiger partial charge in [-0.2, -0.15) is 4.31 Å². The van der Waals surface area contributed by atoms with Gasteiger partial charge in [-0.3, -0.25) is 4.79 Å². The zero-order valence-corrected chi connectivity index (χ0v) is 19.6. The fourth-order valence-electron chi connectivity index (χ4n) is 3.87. The number of ether oxygens (including phenoxy) is 1. The van der Waals surface area contributed by atoms with Crippen molar-refractivity contribution in [3.63, 3.8) is 0 Å². The standard InChI is InChI=1S/C25H28N2O5S/c1-18(2)19-8-10-22(11-9-19)33(29,30)27-14-12-21(13-15-27)25(28)31-17-24-26-16-23(32-24)20-6-4-3-5-7-20/h3-11,16,18,21H,12-15,17H2,1-2H3. The first-order valence-electron chi connectivity index (χ1n) is 11.1. The fraction of sp³-hybridized carbons (Fsp3) is 0.360. The Labute approximate surface area is 194 Å². The predicted molar refractivity (Wildman–Crippen MR) is 124 cm³/mol. The molecule has 1 aliphatic heterocycles. The third kappa shape index (κ3) is 5.34. The molecular formula is C25H28N2O5S. The number of esters is 1. The van der Waals surface area contributed by atoms with Crippen LogP contribution in [0.15, 0.2) is 70.1 Å². The van der Waals surface area contributed by atoms with Gasteiger partial charge in [0.25, 0.3) is 0 Å². The number of carbonyl (C=O) groups excluding carboxylic acids is 1. The Morgan fingerprint density at radius 3 is 2.39 bits per heavy atom. The van der Waals surface area contributed by atoms with E-state index in [0.29, 0.717) is 30.4 Å². The number of sulfonamides is 1. The first-order valence-corrected chi connectivity index (χ1v) is 12.6. The van der Waals surface area contributed by atoms with Crippen LogP contribution in [0.1, 0.15) is 44.1 Å². The summed E-state index contributed by atoms with van der Waals surface area (Å²) in [6, 6.07) is 16.6.